The number of piperazine rings is 1. The molecule has 1 unspecified atom stereocenters. The summed E-state index contributed by atoms with van der Waals surface area (Å²) in [6.45, 7) is 4.98. The van der Waals surface area contributed by atoms with Crippen LogP contribution in [0.4, 0.5) is 5.69 Å². The number of carbonyl (C=O) groups excluding carboxylic acids is 1. The number of amides is 1. The highest BCUT2D eigenvalue weighted by Gasteiger charge is 2.26. The van der Waals surface area contributed by atoms with Crippen molar-refractivity contribution in [2.75, 3.05) is 31.1 Å². The molecule has 3 heterocycles. The maximum absolute atomic E-state index is 12.9. The third-order valence-electron chi connectivity index (χ3n) is 4.57. The molecule has 0 spiro atoms. The number of benzene rings is 1. The third-order valence-corrected chi connectivity index (χ3v) is 5.82. The average Bonchev–Trinajstić information content (AvgIpc) is 3.17. The van der Waals surface area contributed by atoms with Crippen LogP contribution in [0.3, 0.4) is 0 Å². The van der Waals surface area contributed by atoms with Crippen molar-refractivity contribution in [3.8, 4) is 0 Å². The Balaban J connectivity index is 1.40. The molecule has 7 nitrogen and oxygen atoms in total. The van der Waals surface area contributed by atoms with Crippen molar-refractivity contribution in [2.24, 2.45) is 0 Å². The molecule has 1 atom stereocenters. The van der Waals surface area contributed by atoms with E-state index in [1.54, 1.807) is 6.33 Å². The van der Waals surface area contributed by atoms with Crippen LogP contribution in [0.25, 0.3) is 11.2 Å². The number of anilines is 1. The number of aromatic nitrogens is 4. The molecule has 27 heavy (non-hydrogen) atoms. The number of carbonyl (C=O) groups is 1. The van der Waals surface area contributed by atoms with Crippen LogP contribution in [0, 0.1) is 0 Å². The van der Waals surface area contributed by atoms with Crippen molar-refractivity contribution >= 4 is 46.1 Å². The number of halogens is 1. The zero-order valence-electron chi connectivity index (χ0n) is 14.8. The van der Waals surface area contributed by atoms with Crippen molar-refractivity contribution in [1.82, 2.24) is 24.8 Å². The van der Waals surface area contributed by atoms with Gasteiger partial charge in [0.15, 0.2) is 5.65 Å². The predicted octanol–water partition coefficient (Wildman–Crippen LogP) is 2.84. The van der Waals surface area contributed by atoms with Crippen molar-refractivity contribution < 1.29 is 4.79 Å². The highest BCUT2D eigenvalue weighted by Crippen LogP contribution is 2.29. The molecule has 1 fully saturated rings. The Morgan fingerprint density at radius 3 is 2.67 bits per heavy atom. The van der Waals surface area contributed by atoms with Crippen LogP contribution in [0.5, 0.6) is 0 Å². The van der Waals surface area contributed by atoms with E-state index < -0.39 is 0 Å². The monoisotopic (exact) mass is 402 g/mol. The maximum Gasteiger partial charge on any atom is 0.235 e. The Morgan fingerprint density at radius 1 is 1.19 bits per heavy atom. The Morgan fingerprint density at radius 2 is 1.93 bits per heavy atom. The molecule has 4 rings (SSSR count). The number of thioether (sulfide) groups is 1. The quantitative estimate of drug-likeness (QED) is 0.410. The van der Waals surface area contributed by atoms with Gasteiger partial charge in [0.05, 0.1) is 11.6 Å². The topological polar surface area (TPSA) is 78.0 Å². The van der Waals surface area contributed by atoms with Gasteiger partial charge in [-0.2, -0.15) is 4.98 Å². The average molecular weight is 403 g/mol. The van der Waals surface area contributed by atoms with E-state index in [0.717, 1.165) is 13.1 Å². The van der Waals surface area contributed by atoms with Crippen molar-refractivity contribution in [3.63, 3.8) is 0 Å². The first-order valence-electron chi connectivity index (χ1n) is 8.74. The van der Waals surface area contributed by atoms with Gasteiger partial charge in [-0.25, -0.2) is 9.97 Å². The Kier molecular flexibility index (Phi) is 5.18. The molecule has 0 bridgehead atoms. The number of para-hydroxylation sites is 1. The van der Waals surface area contributed by atoms with Crippen LogP contribution in [0.2, 0.25) is 5.28 Å². The number of imidazole rings is 1. The van der Waals surface area contributed by atoms with E-state index in [4.69, 9.17) is 11.6 Å². The fourth-order valence-corrected chi connectivity index (χ4v) is 4.37. The lowest BCUT2D eigenvalue weighted by Gasteiger charge is -2.37. The summed E-state index contributed by atoms with van der Waals surface area (Å²) >= 11 is 7.36. The van der Waals surface area contributed by atoms with Gasteiger partial charge in [-0.1, -0.05) is 30.0 Å². The summed E-state index contributed by atoms with van der Waals surface area (Å²) < 4.78 is 0. The zero-order valence-corrected chi connectivity index (χ0v) is 16.4. The molecule has 9 heteroatoms. The largest absolute Gasteiger partial charge is 0.368 e. The number of hydrogen-bond donors (Lipinski definition) is 1. The standard InChI is InChI=1S/C18H19ClN6OS/c1-12(27-16-14-15(21-11-20-14)22-18(19)23-16)17(26)25-9-7-24(8-10-25)13-5-3-2-4-6-13/h2-6,11-12H,7-10H2,1H3,(H,20,21,22,23). The summed E-state index contributed by atoms with van der Waals surface area (Å²) in [5.41, 5.74) is 2.41. The molecule has 0 aliphatic carbocycles. The molecule has 1 aromatic carbocycles. The van der Waals surface area contributed by atoms with Crippen LogP contribution < -0.4 is 4.90 Å². The molecular weight excluding hydrogens is 384 g/mol. The van der Waals surface area contributed by atoms with Gasteiger partial charge < -0.3 is 14.8 Å². The number of rotatable bonds is 4. The molecule has 1 aliphatic heterocycles. The van der Waals surface area contributed by atoms with E-state index in [0.29, 0.717) is 29.3 Å². The minimum absolute atomic E-state index is 0.107. The SMILES string of the molecule is CC(Sc1nc(Cl)nc2nc[nH]c12)C(=O)N1CCN(c2ccccc2)CC1. The van der Waals surface area contributed by atoms with E-state index in [1.165, 1.54) is 17.4 Å². The molecule has 1 aliphatic rings. The van der Waals surface area contributed by atoms with E-state index in [9.17, 15) is 4.79 Å². The third kappa shape index (κ3) is 3.86. The minimum atomic E-state index is -0.272. The Hall–Kier alpha value is -2.32. The number of fused-ring (bicyclic) bond motifs is 1. The van der Waals surface area contributed by atoms with Gasteiger partial charge in [-0.15, -0.1) is 0 Å². The molecule has 3 aromatic rings. The van der Waals surface area contributed by atoms with E-state index >= 15 is 0 Å². The van der Waals surface area contributed by atoms with E-state index in [1.807, 2.05) is 30.0 Å². The molecule has 2 aromatic heterocycles. The van der Waals surface area contributed by atoms with E-state index in [2.05, 4.69) is 37.0 Å². The van der Waals surface area contributed by atoms with Crippen molar-refractivity contribution in [1.29, 1.82) is 0 Å². The summed E-state index contributed by atoms with van der Waals surface area (Å²) in [5, 5.41) is 0.505. The fourth-order valence-electron chi connectivity index (χ4n) is 3.17. The second kappa shape index (κ2) is 7.74. The summed E-state index contributed by atoms with van der Waals surface area (Å²) in [7, 11) is 0. The van der Waals surface area contributed by atoms with Crippen LogP contribution in [0.15, 0.2) is 41.7 Å². The zero-order chi connectivity index (χ0) is 18.8. The van der Waals surface area contributed by atoms with Crippen molar-refractivity contribution in [2.45, 2.75) is 17.2 Å². The van der Waals surface area contributed by atoms with Crippen LogP contribution >= 0.6 is 23.4 Å². The molecule has 1 N–H and O–H groups in total. The Labute approximate surface area is 166 Å². The summed E-state index contributed by atoms with van der Waals surface area (Å²) in [5.74, 6) is 0.107. The molecule has 140 valence electrons. The smallest absolute Gasteiger partial charge is 0.235 e. The maximum atomic E-state index is 12.9. The first-order valence-corrected chi connectivity index (χ1v) is 9.99. The first-order chi connectivity index (χ1) is 13.1. The number of nitrogens with zero attached hydrogens (tertiary/aromatic N) is 5. The summed E-state index contributed by atoms with van der Waals surface area (Å²) in [6, 6.07) is 10.3. The molecule has 0 saturated carbocycles. The second-order valence-electron chi connectivity index (χ2n) is 6.31. The molecule has 0 radical (unpaired) electrons. The highest BCUT2D eigenvalue weighted by atomic mass is 35.5. The summed E-state index contributed by atoms with van der Waals surface area (Å²) in [4.78, 5) is 32.6. The number of aromatic amines is 1. The van der Waals surface area contributed by atoms with Gasteiger partial charge in [0.1, 0.15) is 10.5 Å². The lowest BCUT2D eigenvalue weighted by molar-refractivity contribution is -0.130. The Bertz CT molecular complexity index is 941. The van der Waals surface area contributed by atoms with Crippen LogP contribution in [0.1, 0.15) is 6.92 Å². The van der Waals surface area contributed by atoms with Gasteiger partial charge in [0, 0.05) is 31.9 Å². The van der Waals surface area contributed by atoms with E-state index in [-0.39, 0.29) is 16.4 Å². The molecule has 1 amide bonds. The number of H-pyrrole nitrogens is 1. The van der Waals surface area contributed by atoms with Gasteiger partial charge in [-0.05, 0) is 30.7 Å². The first kappa shape index (κ1) is 18.1. The summed E-state index contributed by atoms with van der Waals surface area (Å²) in [6.07, 6.45) is 1.55. The van der Waals surface area contributed by atoms with Crippen LogP contribution in [-0.2, 0) is 4.79 Å². The minimum Gasteiger partial charge on any atom is -0.368 e. The fraction of sp³-hybridized carbons (Fsp3) is 0.333. The van der Waals surface area contributed by atoms with Gasteiger partial charge in [0.25, 0.3) is 0 Å². The second-order valence-corrected chi connectivity index (χ2v) is 7.97. The van der Waals surface area contributed by atoms with Gasteiger partial charge in [0.2, 0.25) is 11.2 Å². The van der Waals surface area contributed by atoms with Crippen LogP contribution in [-0.4, -0.2) is 62.2 Å². The number of hydrogen-bond acceptors (Lipinski definition) is 6. The molecular formula is C18H19ClN6OS. The normalized spacial score (nSPS) is 15.9. The molecule has 1 saturated heterocycles. The van der Waals surface area contributed by atoms with Gasteiger partial charge >= 0.3 is 0 Å². The predicted molar refractivity (Wildman–Crippen MR) is 107 cm³/mol. The lowest BCUT2D eigenvalue weighted by Crippen LogP contribution is -2.50. The highest BCUT2D eigenvalue weighted by molar-refractivity contribution is 8.00. The number of nitrogens with one attached hydrogen (secondary N) is 1. The lowest BCUT2D eigenvalue weighted by atomic mass is 10.2. The van der Waals surface area contributed by atoms with Gasteiger partial charge in [-0.3, -0.25) is 4.79 Å². The van der Waals surface area contributed by atoms with Crippen molar-refractivity contribution in [3.05, 3.63) is 41.9 Å².